The Morgan fingerprint density at radius 2 is 2.21 bits per heavy atom. The van der Waals surface area contributed by atoms with E-state index in [1.807, 2.05) is 0 Å². The lowest BCUT2D eigenvalue weighted by Crippen LogP contribution is -2.26. The SMILES string of the molecule is CC(C)CCNC(=O)c1ccc(F)cc1C#CCN. The summed E-state index contributed by atoms with van der Waals surface area (Å²) in [5, 5.41) is 2.81. The third-order valence-corrected chi connectivity index (χ3v) is 2.56. The lowest BCUT2D eigenvalue weighted by atomic mass is 10.1. The minimum Gasteiger partial charge on any atom is -0.352 e. The highest BCUT2D eigenvalue weighted by Gasteiger charge is 2.10. The van der Waals surface area contributed by atoms with Gasteiger partial charge in [0.05, 0.1) is 12.1 Å². The van der Waals surface area contributed by atoms with E-state index >= 15 is 0 Å². The Bertz CT molecular complexity index is 501. The van der Waals surface area contributed by atoms with E-state index in [4.69, 9.17) is 5.73 Å². The molecule has 0 fully saturated rings. The number of carbonyl (C=O) groups excluding carboxylic acids is 1. The van der Waals surface area contributed by atoms with Gasteiger partial charge >= 0.3 is 0 Å². The molecule has 1 amide bonds. The molecule has 0 aliphatic carbocycles. The maximum Gasteiger partial charge on any atom is 0.252 e. The molecule has 3 N–H and O–H groups in total. The Labute approximate surface area is 113 Å². The molecule has 0 saturated heterocycles. The fraction of sp³-hybridized carbons (Fsp3) is 0.400. The van der Waals surface area contributed by atoms with Gasteiger partial charge in [-0.3, -0.25) is 4.79 Å². The van der Waals surface area contributed by atoms with Gasteiger partial charge in [-0.25, -0.2) is 4.39 Å². The van der Waals surface area contributed by atoms with Gasteiger partial charge in [0.2, 0.25) is 0 Å². The van der Waals surface area contributed by atoms with E-state index in [1.165, 1.54) is 18.2 Å². The maximum atomic E-state index is 13.2. The number of halogens is 1. The Morgan fingerprint density at radius 3 is 2.84 bits per heavy atom. The van der Waals surface area contributed by atoms with Crippen LogP contribution >= 0.6 is 0 Å². The normalized spacial score (nSPS) is 9.95. The Balaban J connectivity index is 2.83. The van der Waals surface area contributed by atoms with Crippen molar-refractivity contribution in [2.24, 2.45) is 11.7 Å². The van der Waals surface area contributed by atoms with Crippen LogP contribution in [0, 0.1) is 23.6 Å². The van der Waals surface area contributed by atoms with Gasteiger partial charge in [-0.05, 0) is 30.5 Å². The summed E-state index contributed by atoms with van der Waals surface area (Å²) in [6, 6.07) is 3.95. The van der Waals surface area contributed by atoms with Gasteiger partial charge in [-0.1, -0.05) is 25.7 Å². The first-order valence-electron chi connectivity index (χ1n) is 6.31. The van der Waals surface area contributed by atoms with Crippen LogP contribution in [0.3, 0.4) is 0 Å². The van der Waals surface area contributed by atoms with E-state index in [-0.39, 0.29) is 12.5 Å². The molecule has 0 bridgehead atoms. The van der Waals surface area contributed by atoms with Crippen LogP contribution < -0.4 is 11.1 Å². The number of rotatable bonds is 4. The smallest absolute Gasteiger partial charge is 0.252 e. The summed E-state index contributed by atoms with van der Waals surface area (Å²) in [7, 11) is 0. The maximum absolute atomic E-state index is 13.2. The largest absolute Gasteiger partial charge is 0.352 e. The summed E-state index contributed by atoms with van der Waals surface area (Å²) in [4.78, 5) is 12.0. The molecule has 3 nitrogen and oxygen atoms in total. The lowest BCUT2D eigenvalue weighted by Gasteiger charge is -2.08. The molecule has 0 aliphatic rings. The van der Waals surface area contributed by atoms with E-state index in [9.17, 15) is 9.18 Å². The van der Waals surface area contributed by atoms with Gasteiger partial charge in [0, 0.05) is 12.1 Å². The molecule has 19 heavy (non-hydrogen) atoms. The van der Waals surface area contributed by atoms with E-state index in [2.05, 4.69) is 31.0 Å². The first-order chi connectivity index (χ1) is 9.04. The number of carbonyl (C=O) groups is 1. The van der Waals surface area contributed by atoms with Crippen LogP contribution in [-0.2, 0) is 0 Å². The summed E-state index contributed by atoms with van der Waals surface area (Å²) < 4.78 is 13.2. The molecule has 0 radical (unpaired) electrons. The van der Waals surface area contributed by atoms with Crippen molar-refractivity contribution in [3.63, 3.8) is 0 Å². The third kappa shape index (κ3) is 5.11. The zero-order valence-corrected chi connectivity index (χ0v) is 11.3. The number of hydrogen-bond acceptors (Lipinski definition) is 2. The quantitative estimate of drug-likeness (QED) is 0.814. The van der Waals surface area contributed by atoms with Crippen LogP contribution in [-0.4, -0.2) is 19.0 Å². The summed E-state index contributed by atoms with van der Waals surface area (Å²) in [6.45, 7) is 4.94. The van der Waals surface area contributed by atoms with E-state index < -0.39 is 5.82 Å². The summed E-state index contributed by atoms with van der Waals surface area (Å²) in [5.74, 6) is 5.22. The van der Waals surface area contributed by atoms with Gasteiger partial charge < -0.3 is 11.1 Å². The molecule has 0 aliphatic heterocycles. The molecule has 1 aromatic carbocycles. The van der Waals surface area contributed by atoms with Crippen LogP contribution in [0.25, 0.3) is 0 Å². The minimum absolute atomic E-state index is 0.172. The van der Waals surface area contributed by atoms with Crippen LogP contribution in [0.4, 0.5) is 4.39 Å². The summed E-state index contributed by atoms with van der Waals surface area (Å²) in [5.41, 5.74) is 6.03. The summed E-state index contributed by atoms with van der Waals surface area (Å²) >= 11 is 0. The summed E-state index contributed by atoms with van der Waals surface area (Å²) in [6.07, 6.45) is 0.900. The number of nitrogens with two attached hydrogens (primary N) is 1. The monoisotopic (exact) mass is 262 g/mol. The molecule has 0 unspecified atom stereocenters. The molecule has 1 rings (SSSR count). The highest BCUT2D eigenvalue weighted by Crippen LogP contribution is 2.10. The molecule has 0 aromatic heterocycles. The fourth-order valence-corrected chi connectivity index (χ4v) is 1.53. The van der Waals surface area contributed by atoms with Crippen molar-refractivity contribution in [2.45, 2.75) is 20.3 Å². The molecule has 4 heteroatoms. The fourth-order valence-electron chi connectivity index (χ4n) is 1.53. The number of benzene rings is 1. The second-order valence-electron chi connectivity index (χ2n) is 4.63. The Morgan fingerprint density at radius 1 is 1.47 bits per heavy atom. The molecule has 0 saturated carbocycles. The molecule has 0 spiro atoms. The van der Waals surface area contributed by atoms with Gasteiger partial charge in [-0.2, -0.15) is 0 Å². The average Bonchev–Trinajstić information content (AvgIpc) is 2.35. The number of amides is 1. The second-order valence-corrected chi connectivity index (χ2v) is 4.63. The standard InChI is InChI=1S/C15H19FN2O/c1-11(2)7-9-18-15(19)14-6-5-13(16)10-12(14)4-3-8-17/h5-6,10-11H,7-9,17H2,1-2H3,(H,18,19). The minimum atomic E-state index is -0.417. The molecular formula is C15H19FN2O. The van der Waals surface area contributed by atoms with Crippen LogP contribution in [0.15, 0.2) is 18.2 Å². The second kappa shape index (κ2) is 7.55. The number of nitrogens with one attached hydrogen (secondary N) is 1. The zero-order valence-electron chi connectivity index (χ0n) is 11.3. The lowest BCUT2D eigenvalue weighted by molar-refractivity contribution is 0.0951. The van der Waals surface area contributed by atoms with Gasteiger partial charge in [0.1, 0.15) is 5.82 Å². The predicted octanol–water partition coefficient (Wildman–Crippen LogP) is 1.91. The van der Waals surface area contributed by atoms with Crippen molar-refractivity contribution in [1.29, 1.82) is 0 Å². The Hall–Kier alpha value is -1.86. The molecule has 1 aromatic rings. The van der Waals surface area contributed by atoms with Crippen molar-refractivity contribution >= 4 is 5.91 Å². The van der Waals surface area contributed by atoms with E-state index in [0.29, 0.717) is 23.6 Å². The first kappa shape index (κ1) is 15.2. The predicted molar refractivity (Wildman–Crippen MR) is 74.1 cm³/mol. The number of hydrogen-bond donors (Lipinski definition) is 2. The topological polar surface area (TPSA) is 55.1 Å². The average molecular weight is 262 g/mol. The molecule has 0 atom stereocenters. The zero-order chi connectivity index (χ0) is 14.3. The first-order valence-corrected chi connectivity index (χ1v) is 6.31. The van der Waals surface area contributed by atoms with Crippen molar-refractivity contribution in [1.82, 2.24) is 5.32 Å². The van der Waals surface area contributed by atoms with E-state index in [0.717, 1.165) is 6.42 Å². The van der Waals surface area contributed by atoms with Gasteiger partial charge in [-0.15, -0.1) is 0 Å². The van der Waals surface area contributed by atoms with Crippen molar-refractivity contribution in [3.8, 4) is 11.8 Å². The van der Waals surface area contributed by atoms with Gasteiger partial charge in [0.15, 0.2) is 0 Å². The van der Waals surface area contributed by atoms with Gasteiger partial charge in [0.25, 0.3) is 5.91 Å². The molecular weight excluding hydrogens is 243 g/mol. The van der Waals surface area contributed by atoms with Crippen molar-refractivity contribution in [2.75, 3.05) is 13.1 Å². The van der Waals surface area contributed by atoms with Crippen molar-refractivity contribution in [3.05, 3.63) is 35.1 Å². The van der Waals surface area contributed by atoms with Crippen molar-refractivity contribution < 1.29 is 9.18 Å². The van der Waals surface area contributed by atoms with Crippen LogP contribution in [0.5, 0.6) is 0 Å². The molecule has 0 heterocycles. The highest BCUT2D eigenvalue weighted by atomic mass is 19.1. The molecule has 102 valence electrons. The Kier molecular flexibility index (Phi) is 6.04. The highest BCUT2D eigenvalue weighted by molar-refractivity contribution is 5.96. The van der Waals surface area contributed by atoms with Crippen LogP contribution in [0.2, 0.25) is 0 Å². The third-order valence-electron chi connectivity index (χ3n) is 2.56. The van der Waals surface area contributed by atoms with Crippen LogP contribution in [0.1, 0.15) is 36.2 Å². The van der Waals surface area contributed by atoms with E-state index in [1.54, 1.807) is 0 Å².